The Labute approximate surface area is 105 Å². The number of nitrogens with one attached hydrogen (secondary N) is 1. The SMILES string of the molecule is Cc1cc(N)c(C(=O)N(C)Cc2cn[nH]c2)cn1. The van der Waals surface area contributed by atoms with E-state index in [0.29, 0.717) is 17.8 Å². The summed E-state index contributed by atoms with van der Waals surface area (Å²) in [7, 11) is 1.72. The maximum Gasteiger partial charge on any atom is 0.257 e. The van der Waals surface area contributed by atoms with E-state index in [9.17, 15) is 4.79 Å². The van der Waals surface area contributed by atoms with Gasteiger partial charge in [0, 0.05) is 42.9 Å². The quantitative estimate of drug-likeness (QED) is 0.843. The molecule has 0 aliphatic rings. The third-order valence-corrected chi connectivity index (χ3v) is 2.62. The van der Waals surface area contributed by atoms with Gasteiger partial charge in [0.1, 0.15) is 0 Å². The molecule has 2 aromatic rings. The summed E-state index contributed by atoms with van der Waals surface area (Å²) in [5.74, 6) is -0.152. The van der Waals surface area contributed by atoms with E-state index in [1.807, 2.05) is 6.92 Å². The van der Waals surface area contributed by atoms with Gasteiger partial charge in [-0.05, 0) is 13.0 Å². The van der Waals surface area contributed by atoms with Crippen LogP contribution in [0.25, 0.3) is 0 Å². The van der Waals surface area contributed by atoms with Crippen molar-refractivity contribution in [3.8, 4) is 0 Å². The number of amides is 1. The van der Waals surface area contributed by atoms with Crippen LogP contribution < -0.4 is 5.73 Å². The fourth-order valence-corrected chi connectivity index (χ4v) is 1.68. The van der Waals surface area contributed by atoms with Crippen molar-refractivity contribution in [2.75, 3.05) is 12.8 Å². The van der Waals surface area contributed by atoms with E-state index in [2.05, 4.69) is 15.2 Å². The summed E-state index contributed by atoms with van der Waals surface area (Å²) in [4.78, 5) is 17.8. The van der Waals surface area contributed by atoms with Crippen LogP contribution in [0.1, 0.15) is 21.6 Å². The van der Waals surface area contributed by atoms with E-state index in [1.54, 1.807) is 30.4 Å². The number of hydrogen-bond acceptors (Lipinski definition) is 4. The molecule has 0 unspecified atom stereocenters. The van der Waals surface area contributed by atoms with Gasteiger partial charge >= 0.3 is 0 Å². The first kappa shape index (κ1) is 12.1. The first-order chi connectivity index (χ1) is 8.58. The molecule has 0 saturated heterocycles. The normalized spacial score (nSPS) is 10.3. The standard InChI is InChI=1S/C12H15N5O/c1-8-3-11(13)10(6-14-8)12(18)17(2)7-9-4-15-16-5-9/h3-6H,7H2,1-2H3,(H2,13,14)(H,15,16). The smallest absolute Gasteiger partial charge is 0.257 e. The Hall–Kier alpha value is -2.37. The van der Waals surface area contributed by atoms with Gasteiger partial charge in [0.15, 0.2) is 0 Å². The van der Waals surface area contributed by atoms with Gasteiger partial charge in [0.05, 0.1) is 11.8 Å². The lowest BCUT2D eigenvalue weighted by Crippen LogP contribution is -2.27. The van der Waals surface area contributed by atoms with E-state index >= 15 is 0 Å². The molecule has 1 amide bonds. The number of aromatic amines is 1. The summed E-state index contributed by atoms with van der Waals surface area (Å²) in [5.41, 5.74) is 8.43. The Kier molecular flexibility index (Phi) is 3.27. The first-order valence-electron chi connectivity index (χ1n) is 5.53. The van der Waals surface area contributed by atoms with Crippen LogP contribution in [0.4, 0.5) is 5.69 Å². The van der Waals surface area contributed by atoms with Gasteiger partial charge in [-0.1, -0.05) is 0 Å². The van der Waals surface area contributed by atoms with Crippen molar-refractivity contribution in [2.24, 2.45) is 0 Å². The molecule has 2 aromatic heterocycles. The molecule has 0 spiro atoms. The second-order valence-electron chi connectivity index (χ2n) is 4.18. The Bertz CT molecular complexity index is 550. The number of rotatable bonds is 3. The van der Waals surface area contributed by atoms with Gasteiger partial charge in [-0.15, -0.1) is 0 Å². The first-order valence-corrected chi connectivity index (χ1v) is 5.53. The molecule has 0 bridgehead atoms. The van der Waals surface area contributed by atoms with Gasteiger partial charge < -0.3 is 10.6 Å². The largest absolute Gasteiger partial charge is 0.398 e. The van der Waals surface area contributed by atoms with Crippen LogP contribution in [0, 0.1) is 6.92 Å². The van der Waals surface area contributed by atoms with Crippen LogP contribution in [0.15, 0.2) is 24.7 Å². The molecular weight excluding hydrogens is 230 g/mol. The number of nitrogens with zero attached hydrogens (tertiary/aromatic N) is 3. The molecular formula is C12H15N5O. The molecule has 0 aliphatic carbocycles. The van der Waals surface area contributed by atoms with Crippen LogP contribution in [0.5, 0.6) is 0 Å². The van der Waals surface area contributed by atoms with E-state index < -0.39 is 0 Å². The zero-order valence-electron chi connectivity index (χ0n) is 10.3. The number of anilines is 1. The predicted octanol–water partition coefficient (Wildman–Crippen LogP) is 0.968. The van der Waals surface area contributed by atoms with Crippen molar-refractivity contribution in [3.05, 3.63) is 41.5 Å². The fourth-order valence-electron chi connectivity index (χ4n) is 1.68. The maximum atomic E-state index is 12.2. The minimum absolute atomic E-state index is 0.152. The number of aryl methyl sites for hydroxylation is 1. The lowest BCUT2D eigenvalue weighted by molar-refractivity contribution is 0.0786. The molecule has 6 nitrogen and oxygen atoms in total. The summed E-state index contributed by atoms with van der Waals surface area (Å²) in [5, 5.41) is 6.54. The van der Waals surface area contributed by atoms with Crippen molar-refractivity contribution in [2.45, 2.75) is 13.5 Å². The summed E-state index contributed by atoms with van der Waals surface area (Å²) in [6.07, 6.45) is 4.94. The fraction of sp³-hybridized carbons (Fsp3) is 0.250. The van der Waals surface area contributed by atoms with Crippen molar-refractivity contribution in [1.82, 2.24) is 20.1 Å². The number of aromatic nitrogens is 3. The molecule has 0 aliphatic heterocycles. The van der Waals surface area contributed by atoms with Crippen molar-refractivity contribution < 1.29 is 4.79 Å². The van der Waals surface area contributed by atoms with Gasteiger partial charge in [0.25, 0.3) is 5.91 Å². The lowest BCUT2D eigenvalue weighted by atomic mass is 10.2. The highest BCUT2D eigenvalue weighted by molar-refractivity contribution is 5.98. The van der Waals surface area contributed by atoms with Crippen LogP contribution >= 0.6 is 0 Å². The Balaban J connectivity index is 2.15. The molecule has 0 aromatic carbocycles. The number of carbonyl (C=O) groups is 1. The van der Waals surface area contributed by atoms with Crippen LogP contribution in [0.2, 0.25) is 0 Å². The maximum absolute atomic E-state index is 12.2. The zero-order chi connectivity index (χ0) is 13.1. The monoisotopic (exact) mass is 245 g/mol. The third-order valence-electron chi connectivity index (χ3n) is 2.62. The number of carbonyl (C=O) groups excluding carboxylic acids is 1. The molecule has 2 rings (SSSR count). The van der Waals surface area contributed by atoms with Crippen LogP contribution in [-0.2, 0) is 6.54 Å². The van der Waals surface area contributed by atoms with Gasteiger partial charge in [0.2, 0.25) is 0 Å². The van der Waals surface area contributed by atoms with Gasteiger partial charge in [-0.2, -0.15) is 5.10 Å². The van der Waals surface area contributed by atoms with Gasteiger partial charge in [-0.25, -0.2) is 0 Å². The van der Waals surface area contributed by atoms with E-state index in [1.165, 1.54) is 6.20 Å². The second kappa shape index (κ2) is 4.87. The van der Waals surface area contributed by atoms with Crippen LogP contribution in [-0.4, -0.2) is 33.0 Å². The molecule has 94 valence electrons. The molecule has 3 N–H and O–H groups in total. The minimum atomic E-state index is -0.152. The highest BCUT2D eigenvalue weighted by Gasteiger charge is 2.15. The molecule has 18 heavy (non-hydrogen) atoms. The summed E-state index contributed by atoms with van der Waals surface area (Å²) < 4.78 is 0. The highest BCUT2D eigenvalue weighted by atomic mass is 16.2. The lowest BCUT2D eigenvalue weighted by Gasteiger charge is -2.17. The van der Waals surface area contributed by atoms with Crippen molar-refractivity contribution >= 4 is 11.6 Å². The molecule has 0 fully saturated rings. The Morgan fingerprint density at radius 3 is 2.89 bits per heavy atom. The van der Waals surface area contributed by atoms with Crippen molar-refractivity contribution in [3.63, 3.8) is 0 Å². The predicted molar refractivity (Wildman–Crippen MR) is 67.8 cm³/mol. The third kappa shape index (κ3) is 2.48. The number of H-pyrrole nitrogens is 1. The summed E-state index contributed by atoms with van der Waals surface area (Å²) >= 11 is 0. The number of pyridine rings is 1. The summed E-state index contributed by atoms with van der Waals surface area (Å²) in [6.45, 7) is 2.31. The molecule has 0 saturated carbocycles. The van der Waals surface area contributed by atoms with Crippen molar-refractivity contribution in [1.29, 1.82) is 0 Å². The molecule has 6 heteroatoms. The average molecular weight is 245 g/mol. The van der Waals surface area contributed by atoms with Crippen LogP contribution in [0.3, 0.4) is 0 Å². The molecule has 0 radical (unpaired) electrons. The Morgan fingerprint density at radius 2 is 2.28 bits per heavy atom. The van der Waals surface area contributed by atoms with Gasteiger partial charge in [-0.3, -0.25) is 14.9 Å². The number of nitrogen functional groups attached to an aromatic ring is 1. The number of hydrogen-bond donors (Lipinski definition) is 2. The summed E-state index contributed by atoms with van der Waals surface area (Å²) in [6, 6.07) is 1.69. The Morgan fingerprint density at radius 1 is 1.50 bits per heavy atom. The van der Waals surface area contributed by atoms with E-state index in [0.717, 1.165) is 11.3 Å². The number of nitrogens with two attached hydrogens (primary N) is 1. The highest BCUT2D eigenvalue weighted by Crippen LogP contribution is 2.14. The minimum Gasteiger partial charge on any atom is -0.398 e. The second-order valence-corrected chi connectivity index (χ2v) is 4.18. The van der Waals surface area contributed by atoms with E-state index in [-0.39, 0.29) is 5.91 Å². The zero-order valence-corrected chi connectivity index (χ0v) is 10.3. The molecule has 2 heterocycles. The average Bonchev–Trinajstić information content (AvgIpc) is 2.81. The molecule has 0 atom stereocenters. The topological polar surface area (TPSA) is 87.9 Å². The van der Waals surface area contributed by atoms with E-state index in [4.69, 9.17) is 5.73 Å².